The van der Waals surface area contributed by atoms with Crippen LogP contribution in [0, 0.1) is 0 Å². The minimum absolute atomic E-state index is 0.0787. The van der Waals surface area contributed by atoms with Crippen LogP contribution < -0.4 is 15.0 Å². The van der Waals surface area contributed by atoms with E-state index >= 15 is 0 Å². The van der Waals surface area contributed by atoms with Crippen molar-refractivity contribution in [3.63, 3.8) is 0 Å². The third-order valence-electron chi connectivity index (χ3n) is 3.80. The fraction of sp³-hybridized carbons (Fsp3) is 0.278. The third kappa shape index (κ3) is 4.53. The summed E-state index contributed by atoms with van der Waals surface area (Å²) in [5.74, 6) is 0.104. The molecule has 7 nitrogen and oxygen atoms in total. The average Bonchev–Trinajstić information content (AvgIpc) is 2.62. The van der Waals surface area contributed by atoms with Gasteiger partial charge in [-0.1, -0.05) is 18.2 Å². The molecule has 0 radical (unpaired) electrons. The zero-order chi connectivity index (χ0) is 19.3. The summed E-state index contributed by atoms with van der Waals surface area (Å²) in [7, 11) is 2.56. The van der Waals surface area contributed by atoms with Gasteiger partial charge in [-0.2, -0.15) is 0 Å². The zero-order valence-corrected chi connectivity index (χ0v) is 16.1. The summed E-state index contributed by atoms with van der Waals surface area (Å²) >= 11 is 0. The number of likely N-dealkylation sites (N-methyl/N-ethyl adjacent to an activating group) is 1. The predicted molar refractivity (Wildman–Crippen MR) is 102 cm³/mol. The smallest absolute Gasteiger partial charge is 0.243 e. The van der Waals surface area contributed by atoms with Crippen molar-refractivity contribution >= 4 is 27.3 Å². The standard InChI is InChI=1S/C18H23N3O4S/c1-20(2)26(23,24)15-10-11-17(25-4)16(12-15)19-18(22)13-21(3)14-8-6-5-7-9-14/h5-12H,13H2,1-4H3,(H,19,22). The van der Waals surface area contributed by atoms with Crippen molar-refractivity contribution in [2.75, 3.05) is 45.0 Å². The summed E-state index contributed by atoms with van der Waals surface area (Å²) in [5.41, 5.74) is 1.21. The van der Waals surface area contributed by atoms with Gasteiger partial charge >= 0.3 is 0 Å². The Morgan fingerprint density at radius 1 is 1.08 bits per heavy atom. The SMILES string of the molecule is COc1ccc(S(=O)(=O)N(C)C)cc1NC(=O)CN(C)c1ccccc1. The van der Waals surface area contributed by atoms with Gasteiger partial charge in [0.25, 0.3) is 0 Å². The number of hydrogen-bond donors (Lipinski definition) is 1. The van der Waals surface area contributed by atoms with E-state index in [2.05, 4.69) is 5.32 Å². The normalized spacial score (nSPS) is 11.3. The Morgan fingerprint density at radius 3 is 2.31 bits per heavy atom. The van der Waals surface area contributed by atoms with Gasteiger partial charge in [-0.3, -0.25) is 4.79 Å². The molecule has 26 heavy (non-hydrogen) atoms. The number of ether oxygens (including phenoxy) is 1. The highest BCUT2D eigenvalue weighted by Crippen LogP contribution is 2.28. The summed E-state index contributed by atoms with van der Waals surface area (Å²) in [6, 6.07) is 13.8. The number of methoxy groups -OCH3 is 1. The second-order valence-corrected chi connectivity index (χ2v) is 8.04. The first-order valence-electron chi connectivity index (χ1n) is 7.92. The van der Waals surface area contributed by atoms with Crippen molar-refractivity contribution in [3.8, 4) is 5.75 Å². The van der Waals surface area contributed by atoms with Crippen LogP contribution in [-0.4, -0.2) is 53.4 Å². The van der Waals surface area contributed by atoms with E-state index < -0.39 is 10.0 Å². The quantitative estimate of drug-likeness (QED) is 0.799. The number of nitrogens with zero attached hydrogens (tertiary/aromatic N) is 2. The Bertz CT molecular complexity index is 867. The fourth-order valence-corrected chi connectivity index (χ4v) is 3.26. The topological polar surface area (TPSA) is 79.0 Å². The van der Waals surface area contributed by atoms with Crippen molar-refractivity contribution in [3.05, 3.63) is 48.5 Å². The molecule has 1 N–H and O–H groups in total. The highest BCUT2D eigenvalue weighted by atomic mass is 32.2. The number of sulfonamides is 1. The van der Waals surface area contributed by atoms with Crippen LogP contribution in [0.3, 0.4) is 0 Å². The molecule has 0 fully saturated rings. The number of carbonyl (C=O) groups excluding carboxylic acids is 1. The van der Waals surface area contributed by atoms with Gasteiger partial charge in [0, 0.05) is 26.8 Å². The van der Waals surface area contributed by atoms with Gasteiger partial charge in [-0.15, -0.1) is 0 Å². The molecule has 0 aliphatic rings. The van der Waals surface area contributed by atoms with Crippen molar-refractivity contribution in [2.45, 2.75) is 4.90 Å². The lowest BCUT2D eigenvalue weighted by Crippen LogP contribution is -2.30. The first-order valence-corrected chi connectivity index (χ1v) is 9.36. The van der Waals surface area contributed by atoms with Crippen LogP contribution in [-0.2, 0) is 14.8 Å². The summed E-state index contributed by atoms with van der Waals surface area (Å²) in [5, 5.41) is 2.72. The molecule has 0 spiro atoms. The third-order valence-corrected chi connectivity index (χ3v) is 5.61. The molecular weight excluding hydrogens is 354 g/mol. The Kier molecular flexibility index (Phi) is 6.23. The summed E-state index contributed by atoms with van der Waals surface area (Å²) in [6.07, 6.45) is 0. The Hall–Kier alpha value is -2.58. The molecule has 2 aromatic rings. The summed E-state index contributed by atoms with van der Waals surface area (Å²) in [4.78, 5) is 14.3. The monoisotopic (exact) mass is 377 g/mol. The molecule has 1 amide bonds. The summed E-state index contributed by atoms with van der Waals surface area (Å²) in [6.45, 7) is 0.109. The fourth-order valence-electron chi connectivity index (χ4n) is 2.33. The number of para-hydroxylation sites is 1. The predicted octanol–water partition coefficient (Wildman–Crippen LogP) is 2.02. The largest absolute Gasteiger partial charge is 0.495 e. The second kappa shape index (κ2) is 8.20. The van der Waals surface area contributed by atoms with Gasteiger partial charge in [-0.05, 0) is 30.3 Å². The number of amides is 1. The van der Waals surface area contributed by atoms with Crippen LogP contribution in [0.4, 0.5) is 11.4 Å². The molecule has 0 saturated heterocycles. The molecule has 0 aliphatic carbocycles. The average molecular weight is 377 g/mol. The highest BCUT2D eigenvalue weighted by molar-refractivity contribution is 7.89. The number of benzene rings is 2. The van der Waals surface area contributed by atoms with Crippen LogP contribution in [0.5, 0.6) is 5.75 Å². The first kappa shape index (κ1) is 19.7. The lowest BCUT2D eigenvalue weighted by Gasteiger charge is -2.19. The molecule has 140 valence electrons. The van der Waals surface area contributed by atoms with Crippen LogP contribution >= 0.6 is 0 Å². The van der Waals surface area contributed by atoms with E-state index in [1.54, 1.807) is 11.9 Å². The van der Waals surface area contributed by atoms with E-state index in [-0.39, 0.29) is 17.3 Å². The number of carbonyl (C=O) groups is 1. The number of nitrogens with one attached hydrogen (secondary N) is 1. The molecule has 2 rings (SSSR count). The van der Waals surface area contributed by atoms with Crippen molar-refractivity contribution in [1.82, 2.24) is 4.31 Å². The maximum Gasteiger partial charge on any atom is 0.243 e. The Labute approximate surface area is 154 Å². The van der Waals surface area contributed by atoms with Gasteiger partial charge in [0.2, 0.25) is 15.9 Å². The zero-order valence-electron chi connectivity index (χ0n) is 15.3. The van der Waals surface area contributed by atoms with Gasteiger partial charge < -0.3 is 15.0 Å². The van der Waals surface area contributed by atoms with Crippen LogP contribution in [0.2, 0.25) is 0 Å². The maximum atomic E-state index is 12.4. The Morgan fingerprint density at radius 2 is 1.73 bits per heavy atom. The lowest BCUT2D eigenvalue weighted by atomic mass is 10.2. The van der Waals surface area contributed by atoms with Crippen LogP contribution in [0.1, 0.15) is 0 Å². The molecule has 0 bridgehead atoms. The van der Waals surface area contributed by atoms with Gasteiger partial charge in [0.1, 0.15) is 5.75 Å². The second-order valence-electron chi connectivity index (χ2n) is 5.89. The molecule has 8 heteroatoms. The van der Waals surface area contributed by atoms with Crippen molar-refractivity contribution < 1.29 is 17.9 Å². The molecular formula is C18H23N3O4S. The molecule has 0 aromatic heterocycles. The van der Waals surface area contributed by atoms with E-state index in [1.807, 2.05) is 30.3 Å². The molecule has 0 heterocycles. The van der Waals surface area contributed by atoms with Gasteiger partial charge in [-0.25, -0.2) is 12.7 Å². The maximum absolute atomic E-state index is 12.4. The van der Waals surface area contributed by atoms with E-state index in [4.69, 9.17) is 4.74 Å². The van der Waals surface area contributed by atoms with Crippen LogP contribution in [0.15, 0.2) is 53.4 Å². The number of rotatable bonds is 7. The van der Waals surface area contributed by atoms with Crippen molar-refractivity contribution in [1.29, 1.82) is 0 Å². The Balaban J connectivity index is 2.21. The van der Waals surface area contributed by atoms with Gasteiger partial charge in [0.15, 0.2) is 0 Å². The number of hydrogen-bond acceptors (Lipinski definition) is 5. The first-order chi connectivity index (χ1) is 12.3. The van der Waals surface area contributed by atoms with Crippen molar-refractivity contribution in [2.24, 2.45) is 0 Å². The molecule has 2 aromatic carbocycles. The van der Waals surface area contributed by atoms with E-state index in [0.29, 0.717) is 11.4 Å². The summed E-state index contributed by atoms with van der Waals surface area (Å²) < 4.78 is 30.9. The number of anilines is 2. The molecule has 0 atom stereocenters. The molecule has 0 aliphatic heterocycles. The van der Waals surface area contributed by atoms with E-state index in [1.165, 1.54) is 39.4 Å². The highest BCUT2D eigenvalue weighted by Gasteiger charge is 2.20. The molecule has 0 saturated carbocycles. The van der Waals surface area contributed by atoms with Gasteiger partial charge in [0.05, 0.1) is 24.2 Å². The molecule has 0 unspecified atom stereocenters. The lowest BCUT2D eigenvalue weighted by molar-refractivity contribution is -0.114. The minimum atomic E-state index is -3.61. The van der Waals surface area contributed by atoms with Crippen LogP contribution in [0.25, 0.3) is 0 Å². The van der Waals surface area contributed by atoms with E-state index in [9.17, 15) is 13.2 Å². The van der Waals surface area contributed by atoms with E-state index in [0.717, 1.165) is 9.99 Å². The minimum Gasteiger partial charge on any atom is -0.495 e.